The number of anilines is 1. The van der Waals surface area contributed by atoms with Crippen molar-refractivity contribution in [2.75, 3.05) is 58.2 Å². The van der Waals surface area contributed by atoms with E-state index in [1.54, 1.807) is 31.4 Å². The molecule has 2 aliphatic heterocycles. The molecule has 0 aromatic heterocycles. The van der Waals surface area contributed by atoms with Gasteiger partial charge in [-0.2, -0.15) is 0 Å². The van der Waals surface area contributed by atoms with Crippen molar-refractivity contribution in [1.29, 1.82) is 0 Å². The maximum atomic E-state index is 12.5. The van der Waals surface area contributed by atoms with E-state index in [4.69, 9.17) is 4.74 Å². The maximum Gasteiger partial charge on any atom is 0.319 e. The Morgan fingerprint density at radius 2 is 1.71 bits per heavy atom. The molecule has 2 aliphatic rings. The number of carbonyl (C=O) groups excluding carboxylic acids is 2. The van der Waals surface area contributed by atoms with E-state index in [2.05, 4.69) is 35.6 Å². The lowest BCUT2D eigenvalue weighted by Crippen LogP contribution is -2.51. The van der Waals surface area contributed by atoms with E-state index in [0.717, 1.165) is 50.5 Å². The van der Waals surface area contributed by atoms with Gasteiger partial charge in [-0.25, -0.2) is 8.72 Å². The van der Waals surface area contributed by atoms with Gasteiger partial charge in [-0.15, -0.1) is 0 Å². The summed E-state index contributed by atoms with van der Waals surface area (Å²) in [5.74, 6) is 0.932. The summed E-state index contributed by atoms with van der Waals surface area (Å²) in [6, 6.07) is 7.07. The topological polar surface area (TPSA) is 77.1 Å². The Morgan fingerprint density at radius 3 is 2.32 bits per heavy atom. The van der Waals surface area contributed by atoms with E-state index in [1.807, 2.05) is 4.90 Å². The highest BCUT2D eigenvalue weighted by Gasteiger charge is 2.26. The van der Waals surface area contributed by atoms with Crippen LogP contribution in [0.3, 0.4) is 0 Å². The molecule has 2 fully saturated rings. The van der Waals surface area contributed by atoms with E-state index in [0.29, 0.717) is 19.6 Å². The lowest BCUT2D eigenvalue weighted by molar-refractivity contribution is -0.133. The van der Waals surface area contributed by atoms with Crippen LogP contribution in [0.4, 0.5) is 10.5 Å². The first-order chi connectivity index (χ1) is 13.5. The summed E-state index contributed by atoms with van der Waals surface area (Å²) < 4.78 is 7.21. The predicted octanol–water partition coefficient (Wildman–Crippen LogP) is 1.74. The van der Waals surface area contributed by atoms with E-state index in [9.17, 15) is 9.59 Å². The molecule has 0 aliphatic carbocycles. The summed E-state index contributed by atoms with van der Waals surface area (Å²) in [5, 5.41) is 5.83. The fraction of sp³-hybridized carbons (Fsp3) is 0.579. The van der Waals surface area contributed by atoms with Crippen LogP contribution in [-0.4, -0.2) is 84.6 Å². The number of rotatable bonds is 5. The van der Waals surface area contributed by atoms with Gasteiger partial charge in [-0.05, 0) is 37.1 Å². The maximum absolute atomic E-state index is 12.5. The van der Waals surface area contributed by atoms with Gasteiger partial charge in [0, 0.05) is 67.1 Å². The number of benzene rings is 1. The quantitative estimate of drug-likeness (QED) is 0.663. The number of nitrogens with one attached hydrogen (secondary N) is 2. The molecule has 3 amide bonds. The SMILES string of the molecule is COc1ccc(NC(=O)NC2CCN(C(=O)CN3CCN(Br)CC3)CC2)cc1. The fourth-order valence-corrected chi connectivity index (χ4v) is 3.79. The van der Waals surface area contributed by atoms with Gasteiger partial charge >= 0.3 is 6.03 Å². The molecule has 3 rings (SSSR count). The highest BCUT2D eigenvalue weighted by molar-refractivity contribution is 9.07. The molecule has 0 spiro atoms. The van der Waals surface area contributed by atoms with Crippen molar-refractivity contribution >= 4 is 33.8 Å². The average molecular weight is 454 g/mol. The second-order valence-electron chi connectivity index (χ2n) is 7.17. The molecule has 0 unspecified atom stereocenters. The zero-order valence-corrected chi connectivity index (χ0v) is 17.8. The van der Waals surface area contributed by atoms with Crippen molar-refractivity contribution in [3.05, 3.63) is 24.3 Å². The molecular weight excluding hydrogens is 426 g/mol. The van der Waals surface area contributed by atoms with Gasteiger partial charge in [0.2, 0.25) is 5.91 Å². The van der Waals surface area contributed by atoms with Crippen molar-refractivity contribution in [2.24, 2.45) is 0 Å². The Bertz CT molecular complexity index is 656. The van der Waals surface area contributed by atoms with Crippen molar-refractivity contribution < 1.29 is 14.3 Å². The van der Waals surface area contributed by atoms with Crippen LogP contribution in [0.15, 0.2) is 24.3 Å². The summed E-state index contributed by atoms with van der Waals surface area (Å²) >= 11 is 3.48. The van der Waals surface area contributed by atoms with Gasteiger partial charge in [0.05, 0.1) is 13.7 Å². The number of nitrogens with zero attached hydrogens (tertiary/aromatic N) is 3. The molecule has 0 radical (unpaired) electrons. The zero-order valence-electron chi connectivity index (χ0n) is 16.2. The third-order valence-electron chi connectivity index (χ3n) is 5.21. The van der Waals surface area contributed by atoms with Gasteiger partial charge in [0.25, 0.3) is 0 Å². The third kappa shape index (κ3) is 6.08. The Labute approximate surface area is 174 Å². The lowest BCUT2D eigenvalue weighted by atomic mass is 10.1. The molecule has 154 valence electrons. The second kappa shape index (κ2) is 10.1. The number of hydrogen-bond acceptors (Lipinski definition) is 5. The first-order valence-corrected chi connectivity index (χ1v) is 10.4. The minimum absolute atomic E-state index is 0.0826. The van der Waals surface area contributed by atoms with Crippen molar-refractivity contribution in [3.63, 3.8) is 0 Å². The molecule has 2 heterocycles. The van der Waals surface area contributed by atoms with E-state index in [-0.39, 0.29) is 18.0 Å². The monoisotopic (exact) mass is 453 g/mol. The molecule has 0 bridgehead atoms. The van der Waals surface area contributed by atoms with Crippen LogP contribution in [0, 0.1) is 0 Å². The molecule has 2 N–H and O–H groups in total. The summed E-state index contributed by atoms with van der Waals surface area (Å²) in [7, 11) is 1.61. The fourth-order valence-electron chi connectivity index (χ4n) is 3.47. The largest absolute Gasteiger partial charge is 0.497 e. The van der Waals surface area contributed by atoms with E-state index in [1.165, 1.54) is 0 Å². The Morgan fingerprint density at radius 1 is 1.07 bits per heavy atom. The van der Waals surface area contributed by atoms with Gasteiger partial charge in [0.15, 0.2) is 0 Å². The molecular formula is C19H28BrN5O3. The third-order valence-corrected chi connectivity index (χ3v) is 5.92. The number of halogens is 1. The van der Waals surface area contributed by atoms with Crippen molar-refractivity contribution in [3.8, 4) is 5.75 Å². The number of urea groups is 1. The number of hydrogen-bond donors (Lipinski definition) is 2. The lowest BCUT2D eigenvalue weighted by Gasteiger charge is -2.35. The van der Waals surface area contributed by atoms with Gasteiger partial charge < -0.3 is 20.3 Å². The van der Waals surface area contributed by atoms with Crippen molar-refractivity contribution in [2.45, 2.75) is 18.9 Å². The number of ether oxygens (including phenoxy) is 1. The Hall–Kier alpha value is -1.84. The normalized spacial score (nSPS) is 19.3. The molecule has 9 heteroatoms. The second-order valence-corrected chi connectivity index (χ2v) is 8.17. The van der Waals surface area contributed by atoms with Crippen LogP contribution in [0.2, 0.25) is 0 Å². The van der Waals surface area contributed by atoms with Crippen LogP contribution in [0.5, 0.6) is 5.75 Å². The number of likely N-dealkylation sites (tertiary alicyclic amines) is 1. The minimum Gasteiger partial charge on any atom is -0.497 e. The molecule has 1 aromatic rings. The van der Waals surface area contributed by atoms with Crippen LogP contribution < -0.4 is 15.4 Å². The standard InChI is InChI=1S/C19H28BrN5O3/c1-28-17-4-2-15(3-5-17)21-19(27)22-16-6-8-24(9-7-16)18(26)14-23-10-12-25(20)13-11-23/h2-5,16H,6-14H2,1H3,(H2,21,22,27). The zero-order chi connectivity index (χ0) is 19.9. The molecule has 8 nitrogen and oxygen atoms in total. The van der Waals surface area contributed by atoms with E-state index < -0.39 is 0 Å². The van der Waals surface area contributed by atoms with Crippen molar-refractivity contribution in [1.82, 2.24) is 19.0 Å². The van der Waals surface area contributed by atoms with Gasteiger partial charge in [0.1, 0.15) is 5.75 Å². The highest BCUT2D eigenvalue weighted by Crippen LogP contribution is 2.16. The van der Waals surface area contributed by atoms with Gasteiger partial charge in [-0.3, -0.25) is 9.69 Å². The Balaban J connectivity index is 1.37. The molecule has 2 saturated heterocycles. The van der Waals surface area contributed by atoms with Crippen LogP contribution in [0.1, 0.15) is 12.8 Å². The predicted molar refractivity (Wildman–Crippen MR) is 112 cm³/mol. The van der Waals surface area contributed by atoms with E-state index >= 15 is 0 Å². The first-order valence-electron chi connectivity index (χ1n) is 9.66. The summed E-state index contributed by atoms with van der Waals surface area (Å²) in [6.07, 6.45) is 1.55. The van der Waals surface area contributed by atoms with Crippen LogP contribution in [0.25, 0.3) is 0 Å². The number of methoxy groups -OCH3 is 1. The smallest absolute Gasteiger partial charge is 0.319 e. The summed E-state index contributed by atoms with van der Waals surface area (Å²) in [4.78, 5) is 28.8. The Kier molecular flexibility index (Phi) is 7.52. The number of amides is 3. The summed E-state index contributed by atoms with van der Waals surface area (Å²) in [6.45, 7) is 5.53. The molecule has 1 aromatic carbocycles. The summed E-state index contributed by atoms with van der Waals surface area (Å²) in [5.41, 5.74) is 0.717. The first kappa shape index (κ1) is 20.9. The van der Waals surface area contributed by atoms with Crippen LogP contribution in [-0.2, 0) is 4.79 Å². The van der Waals surface area contributed by atoms with Gasteiger partial charge in [-0.1, -0.05) is 0 Å². The van der Waals surface area contributed by atoms with Crippen LogP contribution >= 0.6 is 16.1 Å². The average Bonchev–Trinajstić information content (AvgIpc) is 2.71. The minimum atomic E-state index is -0.220. The molecule has 28 heavy (non-hydrogen) atoms. The number of piperazine rings is 1. The molecule has 0 saturated carbocycles. The molecule has 0 atom stereocenters. The number of piperidine rings is 1. The number of carbonyl (C=O) groups is 2. The highest BCUT2D eigenvalue weighted by atomic mass is 79.9.